The number of pyridine rings is 1. The molecule has 1 aromatic heterocycles. The highest BCUT2D eigenvalue weighted by Gasteiger charge is 2.08. The quantitative estimate of drug-likeness (QED) is 0.808. The van der Waals surface area contributed by atoms with Gasteiger partial charge in [0.15, 0.2) is 0 Å². The molecule has 2 aromatic rings. The van der Waals surface area contributed by atoms with Gasteiger partial charge in [0.1, 0.15) is 11.8 Å². The van der Waals surface area contributed by atoms with Crippen LogP contribution in [-0.4, -0.2) is 12.1 Å². The molecule has 3 nitrogen and oxygen atoms in total. The Labute approximate surface area is 101 Å². The van der Waals surface area contributed by atoms with Gasteiger partial charge in [-0.1, -0.05) is 13.3 Å². The van der Waals surface area contributed by atoms with Gasteiger partial charge >= 0.3 is 0 Å². The zero-order valence-corrected chi connectivity index (χ0v) is 10.0. The van der Waals surface area contributed by atoms with Crippen molar-refractivity contribution in [2.24, 2.45) is 0 Å². The lowest BCUT2D eigenvalue weighted by atomic mass is 10.00. The summed E-state index contributed by atoms with van der Waals surface area (Å²) in [6, 6.07) is 7.97. The maximum Gasteiger partial charge on any atom is 0.119 e. The van der Waals surface area contributed by atoms with Gasteiger partial charge in [-0.2, -0.15) is 5.26 Å². The molecule has 0 N–H and O–H groups in total. The minimum atomic E-state index is 0.660. The van der Waals surface area contributed by atoms with Gasteiger partial charge in [0.25, 0.3) is 0 Å². The molecule has 0 fully saturated rings. The monoisotopic (exact) mass is 226 g/mol. The lowest BCUT2D eigenvalue weighted by Gasteiger charge is -2.08. The summed E-state index contributed by atoms with van der Waals surface area (Å²) in [6.45, 7) is 2.10. The Kier molecular flexibility index (Phi) is 3.24. The highest BCUT2D eigenvalue weighted by atomic mass is 16.5. The number of ether oxygens (including phenoxy) is 1. The molecule has 0 unspecified atom stereocenters. The van der Waals surface area contributed by atoms with E-state index in [0.717, 1.165) is 35.1 Å². The summed E-state index contributed by atoms with van der Waals surface area (Å²) in [4.78, 5) is 4.29. The molecular weight excluding hydrogens is 212 g/mol. The minimum absolute atomic E-state index is 0.660. The summed E-state index contributed by atoms with van der Waals surface area (Å²) in [5.41, 5.74) is 2.64. The Morgan fingerprint density at radius 1 is 1.41 bits per heavy atom. The number of rotatable bonds is 3. The van der Waals surface area contributed by atoms with Crippen molar-refractivity contribution in [1.82, 2.24) is 4.98 Å². The van der Waals surface area contributed by atoms with E-state index in [9.17, 15) is 0 Å². The van der Waals surface area contributed by atoms with Gasteiger partial charge in [-0.25, -0.2) is 0 Å². The van der Waals surface area contributed by atoms with E-state index in [0.29, 0.717) is 5.56 Å². The molecule has 0 atom stereocenters. The van der Waals surface area contributed by atoms with Gasteiger partial charge in [0, 0.05) is 11.6 Å². The maximum atomic E-state index is 9.11. The molecule has 1 aromatic carbocycles. The van der Waals surface area contributed by atoms with E-state index < -0.39 is 0 Å². The van der Waals surface area contributed by atoms with Crippen molar-refractivity contribution < 1.29 is 4.74 Å². The number of benzene rings is 1. The van der Waals surface area contributed by atoms with Crippen LogP contribution < -0.4 is 4.74 Å². The van der Waals surface area contributed by atoms with Crippen LogP contribution in [0.2, 0.25) is 0 Å². The predicted octanol–water partition coefficient (Wildman–Crippen LogP) is 3.07. The number of methoxy groups -OCH3 is 1. The SMILES string of the molecule is CCCc1c(C#N)cnc2ccc(OC)cc12. The highest BCUT2D eigenvalue weighted by Crippen LogP contribution is 2.25. The average molecular weight is 226 g/mol. The highest BCUT2D eigenvalue weighted by molar-refractivity contribution is 5.85. The fourth-order valence-corrected chi connectivity index (χ4v) is 1.97. The fraction of sp³-hybridized carbons (Fsp3) is 0.286. The second-order valence-electron chi connectivity index (χ2n) is 3.90. The first-order chi connectivity index (χ1) is 8.30. The first kappa shape index (κ1) is 11.4. The van der Waals surface area contributed by atoms with Gasteiger partial charge in [-0.15, -0.1) is 0 Å². The van der Waals surface area contributed by atoms with E-state index in [-0.39, 0.29) is 0 Å². The van der Waals surface area contributed by atoms with Gasteiger partial charge in [-0.3, -0.25) is 4.98 Å². The smallest absolute Gasteiger partial charge is 0.119 e. The Hall–Kier alpha value is -2.08. The standard InChI is InChI=1S/C14H14N2O/c1-3-4-12-10(8-15)9-16-14-6-5-11(17-2)7-13(12)14/h5-7,9H,3-4H2,1-2H3. The second-order valence-corrected chi connectivity index (χ2v) is 3.90. The number of nitrogens with zero attached hydrogens (tertiary/aromatic N) is 2. The summed E-state index contributed by atoms with van der Waals surface area (Å²) in [6.07, 6.45) is 3.54. The van der Waals surface area contributed by atoms with E-state index in [1.165, 1.54) is 0 Å². The van der Waals surface area contributed by atoms with Crippen LogP contribution in [0.25, 0.3) is 10.9 Å². The van der Waals surface area contributed by atoms with Crippen molar-refractivity contribution in [3.63, 3.8) is 0 Å². The third-order valence-corrected chi connectivity index (χ3v) is 2.81. The molecule has 0 spiro atoms. The molecule has 3 heteroatoms. The second kappa shape index (κ2) is 4.84. The average Bonchev–Trinajstić information content (AvgIpc) is 2.39. The third kappa shape index (κ3) is 2.07. The van der Waals surface area contributed by atoms with Crippen molar-refractivity contribution in [3.05, 3.63) is 35.5 Å². The number of aromatic nitrogens is 1. The van der Waals surface area contributed by atoms with E-state index in [4.69, 9.17) is 10.00 Å². The molecule has 17 heavy (non-hydrogen) atoms. The molecule has 1 heterocycles. The zero-order valence-electron chi connectivity index (χ0n) is 10.0. The van der Waals surface area contributed by atoms with Gasteiger partial charge in [0.2, 0.25) is 0 Å². The van der Waals surface area contributed by atoms with Crippen molar-refractivity contribution in [1.29, 1.82) is 5.26 Å². The van der Waals surface area contributed by atoms with Gasteiger partial charge in [-0.05, 0) is 30.2 Å². The van der Waals surface area contributed by atoms with E-state index in [2.05, 4.69) is 18.0 Å². The summed E-state index contributed by atoms with van der Waals surface area (Å²) < 4.78 is 5.22. The van der Waals surface area contributed by atoms with Crippen LogP contribution in [0.3, 0.4) is 0 Å². The van der Waals surface area contributed by atoms with Gasteiger partial charge < -0.3 is 4.74 Å². The minimum Gasteiger partial charge on any atom is -0.497 e. The van der Waals surface area contributed by atoms with Crippen LogP contribution in [0.5, 0.6) is 5.75 Å². The molecular formula is C14H14N2O. The summed E-state index contributed by atoms with van der Waals surface area (Å²) in [5, 5.41) is 10.1. The Balaban J connectivity index is 2.73. The first-order valence-electron chi connectivity index (χ1n) is 5.66. The predicted molar refractivity (Wildman–Crippen MR) is 67.0 cm³/mol. The molecule has 0 bridgehead atoms. The molecule has 2 rings (SSSR count). The third-order valence-electron chi connectivity index (χ3n) is 2.81. The molecule has 0 radical (unpaired) electrons. The van der Waals surface area contributed by atoms with Crippen molar-refractivity contribution in [2.75, 3.05) is 7.11 Å². The Bertz CT molecular complexity index is 585. The topological polar surface area (TPSA) is 45.9 Å². The number of aryl methyl sites for hydroxylation is 1. The van der Waals surface area contributed by atoms with Crippen molar-refractivity contribution in [3.8, 4) is 11.8 Å². The van der Waals surface area contributed by atoms with E-state index in [1.807, 2.05) is 18.2 Å². The van der Waals surface area contributed by atoms with Crippen molar-refractivity contribution >= 4 is 10.9 Å². The molecule has 0 amide bonds. The van der Waals surface area contributed by atoms with Crippen LogP contribution in [-0.2, 0) is 6.42 Å². The maximum absolute atomic E-state index is 9.11. The van der Waals surface area contributed by atoms with Crippen LogP contribution in [0.1, 0.15) is 24.5 Å². The molecule has 0 aliphatic rings. The Morgan fingerprint density at radius 2 is 2.24 bits per heavy atom. The van der Waals surface area contributed by atoms with Crippen LogP contribution in [0.4, 0.5) is 0 Å². The summed E-state index contributed by atoms with van der Waals surface area (Å²) in [7, 11) is 1.64. The summed E-state index contributed by atoms with van der Waals surface area (Å²) >= 11 is 0. The fourth-order valence-electron chi connectivity index (χ4n) is 1.97. The number of fused-ring (bicyclic) bond motifs is 1. The van der Waals surface area contributed by atoms with Crippen LogP contribution in [0.15, 0.2) is 24.4 Å². The molecule has 0 aliphatic heterocycles. The van der Waals surface area contributed by atoms with E-state index in [1.54, 1.807) is 13.3 Å². The van der Waals surface area contributed by atoms with Crippen molar-refractivity contribution in [2.45, 2.75) is 19.8 Å². The molecule has 0 aliphatic carbocycles. The number of hydrogen-bond donors (Lipinski definition) is 0. The molecule has 86 valence electrons. The van der Waals surface area contributed by atoms with E-state index >= 15 is 0 Å². The molecule has 0 saturated carbocycles. The molecule has 0 saturated heterocycles. The first-order valence-corrected chi connectivity index (χ1v) is 5.66. The van der Waals surface area contributed by atoms with Gasteiger partial charge in [0.05, 0.1) is 18.2 Å². The normalized spacial score (nSPS) is 10.2. The number of hydrogen-bond acceptors (Lipinski definition) is 3. The lowest BCUT2D eigenvalue weighted by Crippen LogP contribution is -1.95. The Morgan fingerprint density at radius 3 is 2.88 bits per heavy atom. The lowest BCUT2D eigenvalue weighted by molar-refractivity contribution is 0.415. The largest absolute Gasteiger partial charge is 0.497 e. The summed E-state index contributed by atoms with van der Waals surface area (Å²) in [5.74, 6) is 0.798. The zero-order chi connectivity index (χ0) is 12.3. The number of nitriles is 1. The van der Waals surface area contributed by atoms with Crippen LogP contribution >= 0.6 is 0 Å². The van der Waals surface area contributed by atoms with Crippen LogP contribution in [0, 0.1) is 11.3 Å².